The summed E-state index contributed by atoms with van der Waals surface area (Å²) in [7, 11) is 0. The van der Waals surface area contributed by atoms with Crippen LogP contribution in [0.15, 0.2) is 0 Å². The minimum atomic E-state index is -0.940. The van der Waals surface area contributed by atoms with Gasteiger partial charge in [0.25, 0.3) is 0 Å². The van der Waals surface area contributed by atoms with Gasteiger partial charge < -0.3 is 25.4 Å². The van der Waals surface area contributed by atoms with Crippen LogP contribution in [-0.2, 0) is 19.1 Å². The molecule has 3 N–H and O–H groups in total. The van der Waals surface area contributed by atoms with E-state index in [1.165, 1.54) is 4.90 Å². The standard InChI is InChI=1S/C19H31N3O5/c1-4-8-20-16(24)13-12-6-7-19(27-12)14(13)18(26)22(9-5-10-23)15(19)17(25)21-11(2)3/h11-15,23H,4-10H2,1-3H3,(H,20,24)(H,21,25)/t12-,13+,14-,15?,19?/m0/s1. The predicted molar refractivity (Wildman–Crippen MR) is 97.6 cm³/mol. The Bertz CT molecular complexity index is 610. The van der Waals surface area contributed by atoms with Crippen LogP contribution >= 0.6 is 0 Å². The van der Waals surface area contributed by atoms with Gasteiger partial charge in [0.15, 0.2) is 0 Å². The SMILES string of the molecule is CCCNC(=O)[C@@H]1[C@@H]2CCC3(O2)C(C(=O)NC(C)C)N(CCCO)C(=O)[C@H]13. The molecular weight excluding hydrogens is 350 g/mol. The number of aliphatic hydroxyl groups is 1. The molecule has 3 aliphatic rings. The molecule has 0 saturated carbocycles. The largest absolute Gasteiger partial charge is 0.396 e. The van der Waals surface area contributed by atoms with Crippen LogP contribution in [0.1, 0.15) is 46.5 Å². The fourth-order valence-corrected chi connectivity index (χ4v) is 4.96. The topological polar surface area (TPSA) is 108 Å². The molecule has 152 valence electrons. The number of aliphatic hydroxyl groups excluding tert-OH is 1. The quantitative estimate of drug-likeness (QED) is 0.539. The third-order valence-electron chi connectivity index (χ3n) is 5.89. The van der Waals surface area contributed by atoms with Crippen molar-refractivity contribution in [2.75, 3.05) is 19.7 Å². The minimum absolute atomic E-state index is 0.0648. The van der Waals surface area contributed by atoms with E-state index in [0.717, 1.165) is 6.42 Å². The highest BCUT2D eigenvalue weighted by Crippen LogP contribution is 2.58. The third kappa shape index (κ3) is 3.23. The van der Waals surface area contributed by atoms with Gasteiger partial charge in [-0.25, -0.2) is 0 Å². The summed E-state index contributed by atoms with van der Waals surface area (Å²) in [5, 5.41) is 15.0. The van der Waals surface area contributed by atoms with E-state index < -0.39 is 23.5 Å². The number of nitrogens with one attached hydrogen (secondary N) is 2. The Morgan fingerprint density at radius 3 is 2.74 bits per heavy atom. The lowest BCUT2D eigenvalue weighted by atomic mass is 9.70. The summed E-state index contributed by atoms with van der Waals surface area (Å²) >= 11 is 0. The number of fused-ring (bicyclic) bond motifs is 1. The van der Waals surface area contributed by atoms with Crippen LogP contribution in [0.4, 0.5) is 0 Å². The summed E-state index contributed by atoms with van der Waals surface area (Å²) in [5.74, 6) is -1.78. The summed E-state index contributed by atoms with van der Waals surface area (Å²) in [6.07, 6.45) is 2.15. The Morgan fingerprint density at radius 2 is 2.11 bits per heavy atom. The van der Waals surface area contributed by atoms with Crippen molar-refractivity contribution in [1.82, 2.24) is 15.5 Å². The molecule has 0 aliphatic carbocycles. The van der Waals surface area contributed by atoms with Crippen molar-refractivity contribution in [3.05, 3.63) is 0 Å². The lowest BCUT2D eigenvalue weighted by Crippen LogP contribution is -2.56. The molecule has 2 bridgehead atoms. The fraction of sp³-hybridized carbons (Fsp3) is 0.842. The number of likely N-dealkylation sites (tertiary alicyclic amines) is 1. The number of amides is 3. The van der Waals surface area contributed by atoms with Gasteiger partial charge in [0.05, 0.1) is 17.9 Å². The zero-order valence-corrected chi connectivity index (χ0v) is 16.4. The van der Waals surface area contributed by atoms with Crippen LogP contribution in [0, 0.1) is 11.8 Å². The number of carbonyl (C=O) groups excluding carboxylic acids is 3. The Morgan fingerprint density at radius 1 is 1.37 bits per heavy atom. The molecule has 8 heteroatoms. The van der Waals surface area contributed by atoms with E-state index in [1.807, 2.05) is 20.8 Å². The van der Waals surface area contributed by atoms with E-state index in [1.54, 1.807) is 0 Å². The Labute approximate surface area is 160 Å². The summed E-state index contributed by atoms with van der Waals surface area (Å²) in [6.45, 7) is 6.49. The lowest BCUT2D eigenvalue weighted by molar-refractivity contribution is -0.142. The van der Waals surface area contributed by atoms with Gasteiger partial charge in [-0.3, -0.25) is 14.4 Å². The molecule has 3 rings (SSSR count). The second kappa shape index (κ2) is 7.75. The summed E-state index contributed by atoms with van der Waals surface area (Å²) < 4.78 is 6.25. The summed E-state index contributed by atoms with van der Waals surface area (Å²) in [4.78, 5) is 40.6. The number of rotatable bonds is 8. The first-order valence-corrected chi connectivity index (χ1v) is 10.0. The Balaban J connectivity index is 1.93. The van der Waals surface area contributed by atoms with Crippen LogP contribution in [0.25, 0.3) is 0 Å². The minimum Gasteiger partial charge on any atom is -0.396 e. The summed E-state index contributed by atoms with van der Waals surface area (Å²) in [6, 6.07) is -0.817. The number of carbonyl (C=O) groups is 3. The van der Waals surface area contributed by atoms with Gasteiger partial charge in [-0.1, -0.05) is 6.92 Å². The number of hydrogen-bond donors (Lipinski definition) is 3. The van der Waals surface area contributed by atoms with Gasteiger partial charge in [-0.05, 0) is 39.5 Å². The molecule has 3 fully saturated rings. The van der Waals surface area contributed by atoms with Crippen LogP contribution < -0.4 is 10.6 Å². The Hall–Kier alpha value is -1.67. The molecule has 3 aliphatic heterocycles. The highest BCUT2D eigenvalue weighted by molar-refractivity contribution is 5.98. The smallest absolute Gasteiger partial charge is 0.246 e. The molecule has 5 atom stereocenters. The van der Waals surface area contributed by atoms with Gasteiger partial charge in [0.2, 0.25) is 17.7 Å². The van der Waals surface area contributed by atoms with Crippen molar-refractivity contribution < 1.29 is 24.2 Å². The highest BCUT2D eigenvalue weighted by Gasteiger charge is 2.74. The molecule has 3 heterocycles. The zero-order valence-electron chi connectivity index (χ0n) is 16.4. The number of nitrogens with zero attached hydrogens (tertiary/aromatic N) is 1. The van der Waals surface area contributed by atoms with E-state index in [4.69, 9.17) is 4.74 Å². The monoisotopic (exact) mass is 381 g/mol. The van der Waals surface area contributed by atoms with E-state index in [-0.39, 0.29) is 43.0 Å². The maximum absolute atomic E-state index is 13.3. The molecule has 0 aromatic carbocycles. The van der Waals surface area contributed by atoms with Crippen molar-refractivity contribution in [3.8, 4) is 0 Å². The molecule has 1 spiro atoms. The van der Waals surface area contributed by atoms with Crippen LogP contribution in [0.2, 0.25) is 0 Å². The molecule has 3 saturated heterocycles. The molecule has 2 unspecified atom stereocenters. The number of hydrogen-bond acceptors (Lipinski definition) is 5. The van der Waals surface area contributed by atoms with Gasteiger partial charge in [-0.2, -0.15) is 0 Å². The fourth-order valence-electron chi connectivity index (χ4n) is 4.96. The predicted octanol–water partition coefficient (Wildman–Crippen LogP) is -0.206. The van der Waals surface area contributed by atoms with Gasteiger partial charge in [0, 0.05) is 25.7 Å². The second-order valence-corrected chi connectivity index (χ2v) is 8.12. The number of ether oxygens (including phenoxy) is 1. The van der Waals surface area contributed by atoms with Gasteiger partial charge >= 0.3 is 0 Å². The van der Waals surface area contributed by atoms with Crippen molar-refractivity contribution in [2.24, 2.45) is 11.8 Å². The molecule has 0 aromatic heterocycles. The molecule has 27 heavy (non-hydrogen) atoms. The van der Waals surface area contributed by atoms with Crippen molar-refractivity contribution >= 4 is 17.7 Å². The molecular formula is C19H31N3O5. The average Bonchev–Trinajstić information content (AvgIpc) is 3.24. The van der Waals surface area contributed by atoms with E-state index in [9.17, 15) is 19.5 Å². The Kier molecular flexibility index (Phi) is 5.76. The van der Waals surface area contributed by atoms with Crippen molar-refractivity contribution in [3.63, 3.8) is 0 Å². The van der Waals surface area contributed by atoms with E-state index >= 15 is 0 Å². The first kappa shape index (κ1) is 20.1. The summed E-state index contributed by atoms with van der Waals surface area (Å²) in [5.41, 5.74) is -0.940. The normalized spacial score (nSPS) is 34.3. The molecule has 3 amide bonds. The van der Waals surface area contributed by atoms with Crippen LogP contribution in [0.5, 0.6) is 0 Å². The van der Waals surface area contributed by atoms with Crippen molar-refractivity contribution in [1.29, 1.82) is 0 Å². The van der Waals surface area contributed by atoms with Crippen LogP contribution in [-0.4, -0.2) is 71.2 Å². The highest BCUT2D eigenvalue weighted by atomic mass is 16.5. The first-order chi connectivity index (χ1) is 12.9. The van der Waals surface area contributed by atoms with E-state index in [2.05, 4.69) is 10.6 Å². The van der Waals surface area contributed by atoms with Gasteiger partial charge in [0.1, 0.15) is 11.6 Å². The zero-order chi connectivity index (χ0) is 19.8. The van der Waals surface area contributed by atoms with E-state index in [0.29, 0.717) is 25.8 Å². The van der Waals surface area contributed by atoms with Crippen molar-refractivity contribution in [2.45, 2.75) is 70.2 Å². The molecule has 8 nitrogen and oxygen atoms in total. The third-order valence-corrected chi connectivity index (χ3v) is 5.89. The maximum atomic E-state index is 13.3. The average molecular weight is 381 g/mol. The van der Waals surface area contributed by atoms with Gasteiger partial charge in [-0.15, -0.1) is 0 Å². The maximum Gasteiger partial charge on any atom is 0.246 e. The lowest BCUT2D eigenvalue weighted by Gasteiger charge is -2.33. The second-order valence-electron chi connectivity index (χ2n) is 8.12. The molecule has 0 radical (unpaired) electrons. The van der Waals surface area contributed by atoms with Crippen LogP contribution in [0.3, 0.4) is 0 Å². The first-order valence-electron chi connectivity index (χ1n) is 10.0. The molecule has 0 aromatic rings.